The van der Waals surface area contributed by atoms with E-state index in [1.165, 1.54) is 12.1 Å². The largest absolute Gasteiger partial charge is 0.487 e. The Hall–Kier alpha value is -1.94. The van der Waals surface area contributed by atoms with Gasteiger partial charge in [-0.3, -0.25) is 0 Å². The summed E-state index contributed by atoms with van der Waals surface area (Å²) < 4.78 is 19.6. The van der Waals surface area contributed by atoms with Gasteiger partial charge in [-0.2, -0.15) is 0 Å². The van der Waals surface area contributed by atoms with Crippen LogP contribution in [0.2, 0.25) is 0 Å². The van der Waals surface area contributed by atoms with Gasteiger partial charge in [-0.1, -0.05) is 40.2 Å². The summed E-state index contributed by atoms with van der Waals surface area (Å²) in [4.78, 5) is 4.53. The van der Waals surface area contributed by atoms with Gasteiger partial charge in [0.2, 0.25) is 0 Å². The second-order valence-corrected chi connectivity index (χ2v) is 5.66. The van der Waals surface area contributed by atoms with Crippen LogP contribution in [0, 0.1) is 12.7 Å². The van der Waals surface area contributed by atoms with Gasteiger partial charge in [0.25, 0.3) is 0 Å². The fourth-order valence-corrected chi connectivity index (χ4v) is 2.59. The van der Waals surface area contributed by atoms with Crippen LogP contribution in [0.3, 0.4) is 0 Å². The Bertz CT molecular complexity index is 804. The third-order valence-corrected chi connectivity index (χ3v) is 3.96. The first-order valence-electron chi connectivity index (χ1n) is 6.56. The van der Waals surface area contributed by atoms with Crippen LogP contribution in [-0.4, -0.2) is 4.98 Å². The van der Waals surface area contributed by atoms with Crippen molar-refractivity contribution in [1.82, 2.24) is 4.98 Å². The number of ether oxygens (including phenoxy) is 1. The number of halogens is 2. The molecule has 0 radical (unpaired) electrons. The van der Waals surface area contributed by atoms with Gasteiger partial charge in [0, 0.05) is 21.1 Å². The molecule has 0 aliphatic carbocycles. The zero-order valence-corrected chi connectivity index (χ0v) is 13.0. The first-order chi connectivity index (χ1) is 10.1. The van der Waals surface area contributed by atoms with Gasteiger partial charge in [0.1, 0.15) is 23.7 Å². The highest BCUT2D eigenvalue weighted by atomic mass is 79.9. The summed E-state index contributed by atoms with van der Waals surface area (Å²) in [5, 5.41) is 1.04. The minimum Gasteiger partial charge on any atom is -0.487 e. The van der Waals surface area contributed by atoms with Crippen molar-refractivity contribution in [1.29, 1.82) is 0 Å². The first kappa shape index (κ1) is 14.0. The van der Waals surface area contributed by atoms with Crippen LogP contribution in [0.4, 0.5) is 4.39 Å². The highest BCUT2D eigenvalue weighted by Gasteiger charge is 2.06. The first-order valence-corrected chi connectivity index (χ1v) is 7.36. The van der Waals surface area contributed by atoms with Crippen molar-refractivity contribution >= 4 is 26.8 Å². The number of rotatable bonds is 3. The number of benzene rings is 2. The summed E-state index contributed by atoms with van der Waals surface area (Å²) >= 11 is 3.35. The molecular weight excluding hydrogens is 333 g/mol. The normalized spacial score (nSPS) is 10.8. The second kappa shape index (κ2) is 5.82. The molecule has 0 aliphatic heterocycles. The minimum atomic E-state index is -0.270. The molecule has 106 valence electrons. The molecule has 2 aromatic carbocycles. The predicted molar refractivity (Wildman–Crippen MR) is 84.9 cm³/mol. The lowest BCUT2D eigenvalue weighted by Gasteiger charge is -2.10. The summed E-state index contributed by atoms with van der Waals surface area (Å²) in [7, 11) is 0. The lowest BCUT2D eigenvalue weighted by atomic mass is 10.2. The standard InChI is InChI=1S/C17H13BrFNO/c1-11-5-6-12-3-2-4-16(17(12)20-11)21-10-13-7-8-14(19)9-15(13)18/h2-9H,10H2,1H3. The van der Waals surface area contributed by atoms with Gasteiger partial charge in [0.05, 0.1) is 0 Å². The Labute approximate surface area is 130 Å². The van der Waals surface area contributed by atoms with E-state index in [9.17, 15) is 4.39 Å². The fraction of sp³-hybridized carbons (Fsp3) is 0.118. The molecule has 0 unspecified atom stereocenters. The van der Waals surface area contributed by atoms with E-state index >= 15 is 0 Å². The molecule has 1 aromatic heterocycles. The van der Waals surface area contributed by atoms with Gasteiger partial charge in [-0.25, -0.2) is 9.37 Å². The average molecular weight is 346 g/mol. The Kier molecular flexibility index (Phi) is 3.88. The molecule has 4 heteroatoms. The van der Waals surface area contributed by atoms with Crippen molar-refractivity contribution in [2.24, 2.45) is 0 Å². The molecule has 0 N–H and O–H groups in total. The number of aryl methyl sites for hydroxylation is 1. The van der Waals surface area contributed by atoms with E-state index in [2.05, 4.69) is 20.9 Å². The number of pyridine rings is 1. The summed E-state index contributed by atoms with van der Waals surface area (Å²) in [5.74, 6) is 0.459. The minimum absolute atomic E-state index is 0.270. The van der Waals surface area contributed by atoms with Gasteiger partial charge in [-0.05, 0) is 31.2 Å². The second-order valence-electron chi connectivity index (χ2n) is 4.80. The summed E-state index contributed by atoms with van der Waals surface area (Å²) in [6.45, 7) is 2.31. The molecule has 0 saturated carbocycles. The van der Waals surface area contributed by atoms with E-state index in [-0.39, 0.29) is 5.82 Å². The van der Waals surface area contributed by atoms with E-state index in [1.54, 1.807) is 6.07 Å². The summed E-state index contributed by atoms with van der Waals surface area (Å²) in [5.41, 5.74) is 2.68. The maximum atomic E-state index is 13.1. The summed E-state index contributed by atoms with van der Waals surface area (Å²) in [6.07, 6.45) is 0. The van der Waals surface area contributed by atoms with Crippen LogP contribution in [0.15, 0.2) is 53.0 Å². The van der Waals surface area contributed by atoms with E-state index in [0.29, 0.717) is 11.1 Å². The zero-order valence-electron chi connectivity index (χ0n) is 11.4. The molecule has 0 bridgehead atoms. The Morgan fingerprint density at radius 2 is 2.00 bits per heavy atom. The van der Waals surface area contributed by atoms with Crippen LogP contribution in [0.25, 0.3) is 10.9 Å². The van der Waals surface area contributed by atoms with Crippen molar-refractivity contribution in [3.05, 3.63) is 70.1 Å². The lowest BCUT2D eigenvalue weighted by Crippen LogP contribution is -1.98. The smallest absolute Gasteiger partial charge is 0.146 e. The van der Waals surface area contributed by atoms with Crippen molar-refractivity contribution in [2.45, 2.75) is 13.5 Å². The van der Waals surface area contributed by atoms with Crippen LogP contribution in [-0.2, 0) is 6.61 Å². The lowest BCUT2D eigenvalue weighted by molar-refractivity contribution is 0.308. The molecule has 2 nitrogen and oxygen atoms in total. The molecule has 0 fully saturated rings. The number of fused-ring (bicyclic) bond motifs is 1. The molecule has 0 spiro atoms. The molecule has 21 heavy (non-hydrogen) atoms. The average Bonchev–Trinajstić information content (AvgIpc) is 2.46. The number of hydrogen-bond donors (Lipinski definition) is 0. The van der Waals surface area contributed by atoms with E-state index < -0.39 is 0 Å². The van der Waals surface area contributed by atoms with Crippen LogP contribution < -0.4 is 4.74 Å². The predicted octanol–water partition coefficient (Wildman–Crippen LogP) is 5.02. The number of para-hydroxylation sites is 1. The van der Waals surface area contributed by atoms with Crippen LogP contribution in [0.1, 0.15) is 11.3 Å². The van der Waals surface area contributed by atoms with Gasteiger partial charge < -0.3 is 4.74 Å². The van der Waals surface area contributed by atoms with Crippen molar-refractivity contribution in [3.63, 3.8) is 0 Å². The molecule has 3 rings (SSSR count). The Morgan fingerprint density at radius 1 is 1.14 bits per heavy atom. The summed E-state index contributed by atoms with van der Waals surface area (Å²) in [6, 6.07) is 14.4. The van der Waals surface area contributed by atoms with Gasteiger partial charge in [0.15, 0.2) is 0 Å². The van der Waals surface area contributed by atoms with Crippen molar-refractivity contribution < 1.29 is 9.13 Å². The maximum Gasteiger partial charge on any atom is 0.146 e. The number of hydrogen-bond acceptors (Lipinski definition) is 2. The Balaban J connectivity index is 1.90. The SMILES string of the molecule is Cc1ccc2cccc(OCc3ccc(F)cc3Br)c2n1. The molecule has 0 atom stereocenters. The quantitative estimate of drug-likeness (QED) is 0.664. The monoisotopic (exact) mass is 345 g/mol. The van der Waals surface area contributed by atoms with Crippen LogP contribution >= 0.6 is 15.9 Å². The van der Waals surface area contributed by atoms with E-state index in [4.69, 9.17) is 4.74 Å². The zero-order chi connectivity index (χ0) is 14.8. The van der Waals surface area contributed by atoms with Crippen LogP contribution in [0.5, 0.6) is 5.75 Å². The highest BCUT2D eigenvalue weighted by Crippen LogP contribution is 2.26. The number of nitrogens with zero attached hydrogens (tertiary/aromatic N) is 1. The van der Waals surface area contributed by atoms with E-state index in [1.807, 2.05) is 37.3 Å². The Morgan fingerprint density at radius 3 is 2.81 bits per heavy atom. The number of aromatic nitrogens is 1. The topological polar surface area (TPSA) is 22.1 Å². The van der Waals surface area contributed by atoms with Crippen molar-refractivity contribution in [2.75, 3.05) is 0 Å². The molecule has 0 amide bonds. The molecular formula is C17H13BrFNO. The molecule has 3 aromatic rings. The van der Waals surface area contributed by atoms with E-state index in [0.717, 1.165) is 27.9 Å². The molecule has 0 saturated heterocycles. The van der Waals surface area contributed by atoms with Crippen molar-refractivity contribution in [3.8, 4) is 5.75 Å². The molecule has 0 aliphatic rings. The highest BCUT2D eigenvalue weighted by molar-refractivity contribution is 9.10. The third-order valence-electron chi connectivity index (χ3n) is 3.22. The third kappa shape index (κ3) is 3.05. The molecule has 1 heterocycles. The van der Waals surface area contributed by atoms with Gasteiger partial charge in [-0.15, -0.1) is 0 Å². The maximum absolute atomic E-state index is 13.1. The fourth-order valence-electron chi connectivity index (χ4n) is 2.13. The van der Waals surface area contributed by atoms with Gasteiger partial charge >= 0.3 is 0 Å².